The summed E-state index contributed by atoms with van der Waals surface area (Å²) in [7, 11) is -3.46. The minimum Gasteiger partial charge on any atom is -0.492 e. The highest BCUT2D eigenvalue weighted by Gasteiger charge is 2.42. The van der Waals surface area contributed by atoms with Crippen LogP contribution in [-0.2, 0) is 38.3 Å². The molecule has 0 aromatic heterocycles. The lowest BCUT2D eigenvalue weighted by atomic mass is 10.0. The van der Waals surface area contributed by atoms with Gasteiger partial charge in [0.1, 0.15) is 18.4 Å². The summed E-state index contributed by atoms with van der Waals surface area (Å²) >= 11 is 6.15. The number of ether oxygens (including phenoxy) is 2. The Morgan fingerprint density at radius 2 is 1.61 bits per heavy atom. The van der Waals surface area contributed by atoms with Crippen molar-refractivity contribution in [1.82, 2.24) is 5.32 Å². The second-order valence-corrected chi connectivity index (χ2v) is 12.9. The molecule has 4 aromatic carbocycles. The molecule has 0 saturated heterocycles. The van der Waals surface area contributed by atoms with E-state index in [4.69, 9.17) is 16.3 Å². The number of para-hydroxylation sites is 1. The summed E-state index contributed by atoms with van der Waals surface area (Å²) in [6.07, 6.45) is -9.50. The Morgan fingerprint density at radius 3 is 2.27 bits per heavy atom. The van der Waals surface area contributed by atoms with Crippen LogP contribution >= 0.6 is 11.6 Å². The number of carbonyl (C=O) groups excluding carboxylic acids is 2. The normalized spacial score (nSPS) is 14.7. The third-order valence-corrected chi connectivity index (χ3v) is 9.78. The first-order valence-corrected chi connectivity index (χ1v) is 16.1. The summed E-state index contributed by atoms with van der Waals surface area (Å²) in [4.78, 5) is 24.9. The van der Waals surface area contributed by atoms with Crippen molar-refractivity contribution in [3.05, 3.63) is 112 Å². The molecule has 5 rings (SSSR count). The zero-order valence-corrected chi connectivity index (χ0v) is 26.8. The minimum absolute atomic E-state index is 0.00392. The molecule has 0 unspecified atom stereocenters. The molecule has 8 nitrogen and oxygen atoms in total. The first-order valence-electron chi connectivity index (χ1n) is 14.3. The van der Waals surface area contributed by atoms with Crippen molar-refractivity contribution >= 4 is 39.2 Å². The lowest BCUT2D eigenvalue weighted by molar-refractivity contribution is -0.138. The predicted molar refractivity (Wildman–Crippen MR) is 167 cm³/mol. The summed E-state index contributed by atoms with van der Waals surface area (Å²) in [5.41, 5.74) is -1.83. The van der Waals surface area contributed by atoms with Crippen molar-refractivity contribution in [1.29, 1.82) is 0 Å². The summed E-state index contributed by atoms with van der Waals surface area (Å²) < 4.78 is 119. The third kappa shape index (κ3) is 7.47. The number of carbonyl (C=O) groups is 2. The molecular formula is C33H25ClF6N2O6S. The average Bonchev–Trinajstić information content (AvgIpc) is 3.46. The van der Waals surface area contributed by atoms with Gasteiger partial charge in [-0.25, -0.2) is 13.2 Å². The minimum atomic E-state index is -4.88. The van der Waals surface area contributed by atoms with E-state index in [2.05, 4.69) is 10.1 Å². The van der Waals surface area contributed by atoms with Gasteiger partial charge in [0.05, 0.1) is 40.9 Å². The molecule has 1 amide bonds. The number of alkyl halides is 6. The quantitative estimate of drug-likeness (QED) is 0.112. The number of nitrogens with one attached hydrogen (secondary N) is 1. The van der Waals surface area contributed by atoms with Crippen LogP contribution < -0.4 is 14.4 Å². The van der Waals surface area contributed by atoms with E-state index < -0.39 is 57.0 Å². The molecule has 1 aliphatic heterocycles. The molecule has 0 saturated carbocycles. The van der Waals surface area contributed by atoms with Crippen molar-refractivity contribution in [2.45, 2.75) is 29.7 Å². The maximum absolute atomic E-state index is 14.0. The maximum atomic E-state index is 14.0. The van der Waals surface area contributed by atoms with Gasteiger partial charge >= 0.3 is 18.3 Å². The first-order chi connectivity index (χ1) is 23.0. The number of sulfonamides is 1. The van der Waals surface area contributed by atoms with Gasteiger partial charge in [0.15, 0.2) is 0 Å². The van der Waals surface area contributed by atoms with Gasteiger partial charge < -0.3 is 14.8 Å². The highest BCUT2D eigenvalue weighted by atomic mass is 35.5. The number of amides is 1. The number of hydrogen-bond donors (Lipinski definition) is 1. The number of halogens is 7. The van der Waals surface area contributed by atoms with Gasteiger partial charge in [0, 0.05) is 17.0 Å². The Balaban J connectivity index is 1.33. The van der Waals surface area contributed by atoms with E-state index in [1.165, 1.54) is 30.3 Å². The van der Waals surface area contributed by atoms with Crippen LogP contribution in [0.25, 0.3) is 11.1 Å². The van der Waals surface area contributed by atoms with Crippen LogP contribution in [0, 0.1) is 0 Å². The number of esters is 1. The van der Waals surface area contributed by atoms with E-state index in [1.807, 2.05) is 0 Å². The van der Waals surface area contributed by atoms with Crippen molar-refractivity contribution in [2.75, 3.05) is 24.6 Å². The lowest BCUT2D eigenvalue weighted by Crippen LogP contribution is -2.48. The number of nitrogens with zero attached hydrogens (tertiary/aromatic N) is 1. The molecule has 258 valence electrons. The van der Waals surface area contributed by atoms with E-state index in [1.54, 1.807) is 18.2 Å². The van der Waals surface area contributed by atoms with Crippen LogP contribution in [-0.4, -0.2) is 46.6 Å². The van der Waals surface area contributed by atoms with E-state index in [0.717, 1.165) is 41.7 Å². The number of methoxy groups -OCH3 is 1. The third-order valence-electron chi connectivity index (χ3n) is 7.62. The van der Waals surface area contributed by atoms with Gasteiger partial charge in [-0.1, -0.05) is 41.9 Å². The van der Waals surface area contributed by atoms with Crippen LogP contribution in [0.4, 0.5) is 32.0 Å². The van der Waals surface area contributed by atoms with Crippen LogP contribution in [0.5, 0.6) is 5.75 Å². The second-order valence-electron chi connectivity index (χ2n) is 10.7. The fraction of sp³-hybridized carbons (Fsp3) is 0.212. The second kappa shape index (κ2) is 13.6. The van der Waals surface area contributed by atoms with Gasteiger partial charge in [-0.15, -0.1) is 0 Å². The Bertz CT molecular complexity index is 2000. The molecule has 0 spiro atoms. The average molecular weight is 727 g/mol. The number of anilines is 1. The summed E-state index contributed by atoms with van der Waals surface area (Å²) in [5.74, 6) is -2.13. The van der Waals surface area contributed by atoms with Crippen molar-refractivity contribution in [3.8, 4) is 16.9 Å². The largest absolute Gasteiger partial charge is 0.492 e. The lowest BCUT2D eigenvalue weighted by Gasteiger charge is -2.26. The molecule has 1 heterocycles. The van der Waals surface area contributed by atoms with E-state index >= 15 is 0 Å². The van der Waals surface area contributed by atoms with Crippen molar-refractivity contribution in [2.24, 2.45) is 0 Å². The summed E-state index contributed by atoms with van der Waals surface area (Å²) in [6, 6.07) is 15.7. The SMILES string of the molecule is COC(=O)c1ccc(OCCNC(=O)[C@@H]2Cc3ccccc3N2S(=O)(=O)c2ccc(-c3cc(C(F)(F)F)ccc3Cl)cc2)cc1C(F)(F)F. The predicted octanol–water partition coefficient (Wildman–Crippen LogP) is 7.15. The number of rotatable bonds is 9. The maximum Gasteiger partial charge on any atom is 0.417 e. The molecular weight excluding hydrogens is 702 g/mol. The Morgan fingerprint density at radius 1 is 0.918 bits per heavy atom. The monoisotopic (exact) mass is 726 g/mol. The topological polar surface area (TPSA) is 102 Å². The van der Waals surface area contributed by atoms with Crippen molar-refractivity contribution in [3.63, 3.8) is 0 Å². The molecule has 4 aromatic rings. The molecule has 49 heavy (non-hydrogen) atoms. The number of benzene rings is 4. The Hall–Kier alpha value is -4.76. The highest BCUT2D eigenvalue weighted by Crippen LogP contribution is 2.39. The van der Waals surface area contributed by atoms with Gasteiger partial charge in [-0.3, -0.25) is 9.10 Å². The Labute approximate surface area is 281 Å². The van der Waals surface area contributed by atoms with E-state index in [-0.39, 0.29) is 52.1 Å². The zero-order chi connectivity index (χ0) is 35.7. The molecule has 0 radical (unpaired) electrons. The number of fused-ring (bicyclic) bond motifs is 1. The molecule has 0 bridgehead atoms. The highest BCUT2D eigenvalue weighted by molar-refractivity contribution is 7.93. The standard InChI is InChI=1S/C33H25ClF6N2O6S/c1-47-31(44)24-12-9-22(18-26(24)33(38,39)40)48-15-14-41-30(43)29-16-20-4-2-3-5-28(20)42(29)49(45,46)23-10-6-19(7-11-23)25-17-21(32(35,36)37)8-13-27(25)34/h2-13,17-18,29H,14-16H2,1H3,(H,41,43)/t29-/m0/s1. The molecule has 1 aliphatic rings. The van der Waals surface area contributed by atoms with Crippen LogP contribution in [0.15, 0.2) is 89.8 Å². The Kier molecular flexibility index (Phi) is 9.89. The first kappa shape index (κ1) is 35.5. The smallest absolute Gasteiger partial charge is 0.417 e. The summed E-state index contributed by atoms with van der Waals surface area (Å²) in [6.45, 7) is -0.515. The fourth-order valence-electron chi connectivity index (χ4n) is 5.29. The number of hydrogen-bond acceptors (Lipinski definition) is 6. The van der Waals surface area contributed by atoms with Crippen molar-refractivity contribution < 1.29 is 53.8 Å². The van der Waals surface area contributed by atoms with Crippen LogP contribution in [0.2, 0.25) is 5.02 Å². The van der Waals surface area contributed by atoms with E-state index in [0.29, 0.717) is 11.6 Å². The van der Waals surface area contributed by atoms with Crippen LogP contribution in [0.1, 0.15) is 27.0 Å². The van der Waals surface area contributed by atoms with Gasteiger partial charge in [0.25, 0.3) is 10.0 Å². The molecule has 16 heteroatoms. The summed E-state index contributed by atoms with van der Waals surface area (Å²) in [5, 5.41) is 2.57. The van der Waals surface area contributed by atoms with Gasteiger partial charge in [-0.2, -0.15) is 26.3 Å². The molecule has 0 fully saturated rings. The van der Waals surface area contributed by atoms with Crippen LogP contribution in [0.3, 0.4) is 0 Å². The molecule has 1 N–H and O–H groups in total. The van der Waals surface area contributed by atoms with E-state index in [9.17, 15) is 44.3 Å². The fourth-order valence-corrected chi connectivity index (χ4v) is 7.17. The van der Waals surface area contributed by atoms with Gasteiger partial charge in [0.2, 0.25) is 5.91 Å². The molecule has 1 atom stereocenters. The zero-order valence-electron chi connectivity index (χ0n) is 25.2. The molecule has 0 aliphatic carbocycles. The van der Waals surface area contributed by atoms with Gasteiger partial charge in [-0.05, 0) is 65.7 Å².